The number of aryl methyl sites for hydroxylation is 1. The number of carbonyl (C=O) groups is 1. The van der Waals surface area contributed by atoms with Gasteiger partial charge in [-0.05, 0) is 28.4 Å². The quantitative estimate of drug-likeness (QED) is 0.868. The van der Waals surface area contributed by atoms with Crippen LogP contribution in [-0.2, 0) is 13.1 Å². The summed E-state index contributed by atoms with van der Waals surface area (Å²) in [7, 11) is 1.80. The molecule has 0 bridgehead atoms. The Hall–Kier alpha value is -1.62. The van der Waals surface area contributed by atoms with Crippen molar-refractivity contribution in [3.63, 3.8) is 0 Å². The molecule has 5 heteroatoms. The monoisotopic (exact) mass is 321 g/mol. The molecule has 0 aliphatic carbocycles. The van der Waals surface area contributed by atoms with Gasteiger partial charge in [0.1, 0.15) is 5.69 Å². The van der Waals surface area contributed by atoms with Gasteiger partial charge in [-0.15, -0.1) is 0 Å². The highest BCUT2D eigenvalue weighted by Crippen LogP contribution is 2.18. The van der Waals surface area contributed by atoms with Gasteiger partial charge in [-0.25, -0.2) is 0 Å². The number of halogens is 1. The lowest BCUT2D eigenvalue weighted by atomic mass is 10.2. The average molecular weight is 322 g/mol. The van der Waals surface area contributed by atoms with Gasteiger partial charge >= 0.3 is 0 Å². The second kappa shape index (κ2) is 6.02. The smallest absolute Gasteiger partial charge is 0.273 e. The van der Waals surface area contributed by atoms with Crippen molar-refractivity contribution in [3.8, 4) is 0 Å². The molecule has 1 heterocycles. The summed E-state index contributed by atoms with van der Waals surface area (Å²) in [5.41, 5.74) is 1.71. The number of nitrogens with zero attached hydrogens (tertiary/aromatic N) is 3. The molecule has 1 aromatic heterocycles. The maximum Gasteiger partial charge on any atom is 0.273 e. The molecule has 0 fully saturated rings. The molecule has 4 nitrogen and oxygen atoms in total. The number of aromatic nitrogens is 2. The molecular weight excluding hydrogens is 306 g/mol. The van der Waals surface area contributed by atoms with E-state index in [2.05, 4.69) is 21.0 Å². The second-order valence-corrected chi connectivity index (χ2v) is 5.16. The Morgan fingerprint density at radius 1 is 1.37 bits per heavy atom. The molecule has 0 unspecified atom stereocenters. The van der Waals surface area contributed by atoms with Gasteiger partial charge in [0.15, 0.2) is 0 Å². The predicted molar refractivity (Wildman–Crippen MR) is 77.8 cm³/mol. The van der Waals surface area contributed by atoms with Crippen LogP contribution >= 0.6 is 15.9 Å². The van der Waals surface area contributed by atoms with Gasteiger partial charge in [-0.3, -0.25) is 9.48 Å². The third-order valence-electron chi connectivity index (χ3n) is 2.91. The molecule has 1 amide bonds. The summed E-state index contributed by atoms with van der Waals surface area (Å²) in [4.78, 5) is 14.1. The molecule has 0 N–H and O–H groups in total. The molecule has 0 saturated heterocycles. The zero-order valence-corrected chi connectivity index (χ0v) is 12.6. The van der Waals surface area contributed by atoms with Gasteiger partial charge in [-0.1, -0.05) is 30.3 Å². The standard InChI is InChI=1S/C14H16BrN3O/c1-3-18-13(12(15)9-16-18)14(19)17(2)10-11-7-5-4-6-8-11/h4-9H,3,10H2,1-2H3. The topological polar surface area (TPSA) is 38.1 Å². The van der Waals surface area contributed by atoms with Crippen LogP contribution in [0.3, 0.4) is 0 Å². The van der Waals surface area contributed by atoms with E-state index in [4.69, 9.17) is 0 Å². The fourth-order valence-electron chi connectivity index (χ4n) is 1.92. The normalized spacial score (nSPS) is 10.5. The van der Waals surface area contributed by atoms with Crippen LogP contribution < -0.4 is 0 Å². The molecule has 19 heavy (non-hydrogen) atoms. The van der Waals surface area contributed by atoms with Crippen LogP contribution in [0.15, 0.2) is 41.0 Å². The predicted octanol–water partition coefficient (Wildman–Crippen LogP) is 2.94. The van der Waals surface area contributed by atoms with Crippen molar-refractivity contribution in [3.05, 3.63) is 52.3 Å². The minimum absolute atomic E-state index is 0.0323. The van der Waals surface area contributed by atoms with Crippen LogP contribution in [0.1, 0.15) is 23.0 Å². The third kappa shape index (κ3) is 3.04. The Morgan fingerprint density at radius 3 is 2.68 bits per heavy atom. The highest BCUT2D eigenvalue weighted by atomic mass is 79.9. The Bertz CT molecular complexity index is 565. The summed E-state index contributed by atoms with van der Waals surface area (Å²) in [5, 5.41) is 4.17. The van der Waals surface area contributed by atoms with Crippen LogP contribution in [0.2, 0.25) is 0 Å². The van der Waals surface area contributed by atoms with Gasteiger partial charge in [0.05, 0.1) is 10.7 Å². The van der Waals surface area contributed by atoms with E-state index in [-0.39, 0.29) is 5.91 Å². The molecule has 0 aliphatic rings. The van der Waals surface area contributed by atoms with Crippen LogP contribution in [0, 0.1) is 0 Å². The van der Waals surface area contributed by atoms with Crippen molar-refractivity contribution in [2.45, 2.75) is 20.0 Å². The Morgan fingerprint density at radius 2 is 2.05 bits per heavy atom. The van der Waals surface area contributed by atoms with Crippen molar-refractivity contribution in [1.82, 2.24) is 14.7 Å². The molecule has 2 rings (SSSR count). The molecule has 0 saturated carbocycles. The Kier molecular flexibility index (Phi) is 4.37. The van der Waals surface area contributed by atoms with Gasteiger partial charge in [-0.2, -0.15) is 5.10 Å². The van der Waals surface area contributed by atoms with E-state index in [9.17, 15) is 4.79 Å². The maximum absolute atomic E-state index is 12.4. The summed E-state index contributed by atoms with van der Waals surface area (Å²) in [6.07, 6.45) is 1.66. The van der Waals surface area contributed by atoms with Gasteiger partial charge < -0.3 is 4.90 Å². The van der Waals surface area contributed by atoms with E-state index < -0.39 is 0 Å². The van der Waals surface area contributed by atoms with Gasteiger partial charge in [0.25, 0.3) is 5.91 Å². The zero-order valence-electron chi connectivity index (χ0n) is 11.0. The number of hydrogen-bond acceptors (Lipinski definition) is 2. The van der Waals surface area contributed by atoms with Crippen molar-refractivity contribution in [2.75, 3.05) is 7.05 Å². The molecule has 0 radical (unpaired) electrons. The molecule has 1 aromatic carbocycles. The number of rotatable bonds is 4. The van der Waals surface area contributed by atoms with E-state index in [1.807, 2.05) is 37.3 Å². The number of hydrogen-bond donors (Lipinski definition) is 0. The lowest BCUT2D eigenvalue weighted by Gasteiger charge is -2.18. The second-order valence-electron chi connectivity index (χ2n) is 4.30. The van der Waals surface area contributed by atoms with E-state index in [0.29, 0.717) is 18.8 Å². The van der Waals surface area contributed by atoms with E-state index in [0.717, 1.165) is 10.0 Å². The molecule has 0 spiro atoms. The molecule has 100 valence electrons. The molecule has 0 aliphatic heterocycles. The fraction of sp³-hybridized carbons (Fsp3) is 0.286. The van der Waals surface area contributed by atoms with Crippen LogP contribution in [0.25, 0.3) is 0 Å². The van der Waals surface area contributed by atoms with Gasteiger partial charge in [0, 0.05) is 20.1 Å². The average Bonchev–Trinajstić information content (AvgIpc) is 2.80. The summed E-state index contributed by atoms with van der Waals surface area (Å²) in [5.74, 6) is -0.0323. The fourth-order valence-corrected chi connectivity index (χ4v) is 2.39. The van der Waals surface area contributed by atoms with Crippen LogP contribution in [0.5, 0.6) is 0 Å². The highest BCUT2D eigenvalue weighted by Gasteiger charge is 2.20. The van der Waals surface area contributed by atoms with E-state index in [1.165, 1.54) is 0 Å². The van der Waals surface area contributed by atoms with Crippen molar-refractivity contribution in [1.29, 1.82) is 0 Å². The SMILES string of the molecule is CCn1ncc(Br)c1C(=O)N(C)Cc1ccccc1. The summed E-state index contributed by atoms with van der Waals surface area (Å²) < 4.78 is 2.44. The third-order valence-corrected chi connectivity index (χ3v) is 3.49. The largest absolute Gasteiger partial charge is 0.336 e. The first-order valence-corrected chi connectivity index (χ1v) is 6.93. The first-order valence-electron chi connectivity index (χ1n) is 6.14. The number of amides is 1. The minimum Gasteiger partial charge on any atom is -0.336 e. The van der Waals surface area contributed by atoms with Crippen molar-refractivity contribution >= 4 is 21.8 Å². The first kappa shape index (κ1) is 13.8. The van der Waals surface area contributed by atoms with Crippen LogP contribution in [0.4, 0.5) is 0 Å². The van der Waals surface area contributed by atoms with Gasteiger partial charge in [0.2, 0.25) is 0 Å². The maximum atomic E-state index is 12.4. The summed E-state index contributed by atoms with van der Waals surface area (Å²) in [6, 6.07) is 9.93. The molecule has 0 atom stereocenters. The summed E-state index contributed by atoms with van der Waals surface area (Å²) in [6.45, 7) is 3.22. The van der Waals surface area contributed by atoms with Crippen molar-refractivity contribution in [2.24, 2.45) is 0 Å². The number of benzene rings is 1. The molecule has 2 aromatic rings. The summed E-state index contributed by atoms with van der Waals surface area (Å²) >= 11 is 3.38. The minimum atomic E-state index is -0.0323. The van der Waals surface area contributed by atoms with E-state index >= 15 is 0 Å². The Balaban J connectivity index is 2.17. The highest BCUT2D eigenvalue weighted by molar-refractivity contribution is 9.10. The first-order chi connectivity index (χ1) is 9.13. The lowest BCUT2D eigenvalue weighted by Crippen LogP contribution is -2.28. The van der Waals surface area contributed by atoms with E-state index in [1.54, 1.807) is 22.8 Å². The lowest BCUT2D eigenvalue weighted by molar-refractivity contribution is 0.0772. The Labute approximate surface area is 121 Å². The zero-order chi connectivity index (χ0) is 13.8. The molecular formula is C14H16BrN3O. The van der Waals surface area contributed by atoms with Crippen LogP contribution in [-0.4, -0.2) is 27.6 Å². The number of carbonyl (C=O) groups excluding carboxylic acids is 1. The van der Waals surface area contributed by atoms with Crippen molar-refractivity contribution < 1.29 is 4.79 Å².